The minimum Gasteiger partial charge on any atom is -0.307 e. The summed E-state index contributed by atoms with van der Waals surface area (Å²) in [6.45, 7) is 4.33. The molecule has 1 saturated carbocycles. The second-order valence-electron chi connectivity index (χ2n) is 5.68. The highest BCUT2D eigenvalue weighted by atomic mass is 79.9. The van der Waals surface area contributed by atoms with Gasteiger partial charge in [0.15, 0.2) is 0 Å². The van der Waals surface area contributed by atoms with E-state index in [0.717, 1.165) is 16.0 Å². The molecule has 1 atom stereocenters. The quantitative estimate of drug-likeness (QED) is 0.800. The summed E-state index contributed by atoms with van der Waals surface area (Å²) in [5, 5.41) is 3.59. The van der Waals surface area contributed by atoms with E-state index in [1.54, 1.807) is 6.07 Å². The Hall–Kier alpha value is -0.410. The molecule has 1 aromatic carbocycles. The van der Waals surface area contributed by atoms with Crippen LogP contribution < -0.4 is 5.32 Å². The summed E-state index contributed by atoms with van der Waals surface area (Å²) in [6.07, 6.45) is 6.35. The number of benzene rings is 1. The Bertz CT molecular complexity index is 413. The second-order valence-corrected chi connectivity index (χ2v) is 6.60. The van der Waals surface area contributed by atoms with Crippen molar-refractivity contribution in [2.24, 2.45) is 5.92 Å². The highest BCUT2D eigenvalue weighted by molar-refractivity contribution is 9.10. The Morgan fingerprint density at radius 3 is 2.63 bits per heavy atom. The van der Waals surface area contributed by atoms with Gasteiger partial charge in [0.05, 0.1) is 0 Å². The van der Waals surface area contributed by atoms with Crippen molar-refractivity contribution < 1.29 is 4.39 Å². The maximum atomic E-state index is 13.8. The molecule has 0 aromatic heterocycles. The fourth-order valence-corrected chi connectivity index (χ4v) is 3.41. The van der Waals surface area contributed by atoms with E-state index in [-0.39, 0.29) is 11.9 Å². The molecule has 3 heteroatoms. The molecule has 0 heterocycles. The Morgan fingerprint density at radius 1 is 1.32 bits per heavy atom. The second kappa shape index (κ2) is 6.85. The Kier molecular flexibility index (Phi) is 5.40. The average molecular weight is 328 g/mol. The lowest BCUT2D eigenvalue weighted by Crippen LogP contribution is -2.35. The summed E-state index contributed by atoms with van der Waals surface area (Å²) in [5.74, 6) is 0.779. The van der Waals surface area contributed by atoms with Gasteiger partial charge in [-0.3, -0.25) is 0 Å². The van der Waals surface area contributed by atoms with Crippen molar-refractivity contribution in [3.8, 4) is 0 Å². The average Bonchev–Trinajstić information content (AvgIpc) is 2.42. The molecule has 1 unspecified atom stereocenters. The van der Waals surface area contributed by atoms with Gasteiger partial charge in [-0.1, -0.05) is 29.3 Å². The van der Waals surface area contributed by atoms with Crippen LogP contribution in [0.25, 0.3) is 0 Å². The van der Waals surface area contributed by atoms with Crippen LogP contribution in [-0.4, -0.2) is 6.04 Å². The van der Waals surface area contributed by atoms with Gasteiger partial charge in [-0.15, -0.1) is 0 Å². The van der Waals surface area contributed by atoms with Crippen LogP contribution in [0.4, 0.5) is 4.39 Å². The van der Waals surface area contributed by atoms with E-state index in [1.807, 2.05) is 6.07 Å². The van der Waals surface area contributed by atoms with Gasteiger partial charge in [-0.05, 0) is 56.7 Å². The Labute approximate surface area is 124 Å². The summed E-state index contributed by atoms with van der Waals surface area (Å²) in [7, 11) is 0. The molecular formula is C16H23BrFN. The van der Waals surface area contributed by atoms with E-state index >= 15 is 0 Å². The predicted molar refractivity (Wildman–Crippen MR) is 81.7 cm³/mol. The number of hydrogen-bond acceptors (Lipinski definition) is 1. The van der Waals surface area contributed by atoms with E-state index in [0.29, 0.717) is 6.04 Å². The lowest BCUT2D eigenvalue weighted by molar-refractivity contribution is 0.272. The molecule has 106 valence electrons. The molecule has 1 aliphatic rings. The molecule has 2 rings (SSSR count). The third kappa shape index (κ3) is 4.03. The SMILES string of the molecule is CCC1CCC(NC(C)c2cc(Br)ccc2F)CC1. The van der Waals surface area contributed by atoms with Crippen molar-refractivity contribution in [1.29, 1.82) is 0 Å². The maximum Gasteiger partial charge on any atom is 0.128 e. The van der Waals surface area contributed by atoms with Crippen molar-refractivity contribution in [3.63, 3.8) is 0 Å². The summed E-state index contributed by atoms with van der Waals surface area (Å²) in [4.78, 5) is 0. The van der Waals surface area contributed by atoms with E-state index in [2.05, 4.69) is 35.1 Å². The molecule has 0 aliphatic heterocycles. The van der Waals surface area contributed by atoms with Crippen LogP contribution in [0.15, 0.2) is 22.7 Å². The Morgan fingerprint density at radius 2 is 2.00 bits per heavy atom. The van der Waals surface area contributed by atoms with Crippen LogP contribution >= 0.6 is 15.9 Å². The van der Waals surface area contributed by atoms with Crippen molar-refractivity contribution in [2.75, 3.05) is 0 Å². The highest BCUT2D eigenvalue weighted by Crippen LogP contribution is 2.29. The van der Waals surface area contributed by atoms with Crippen LogP contribution in [-0.2, 0) is 0 Å². The first-order valence-electron chi connectivity index (χ1n) is 7.31. The van der Waals surface area contributed by atoms with Crippen molar-refractivity contribution in [2.45, 2.75) is 58.0 Å². The monoisotopic (exact) mass is 327 g/mol. The lowest BCUT2D eigenvalue weighted by Gasteiger charge is -2.31. The van der Waals surface area contributed by atoms with Crippen LogP contribution in [0.1, 0.15) is 57.6 Å². The van der Waals surface area contributed by atoms with Crippen LogP contribution in [0.5, 0.6) is 0 Å². The minimum atomic E-state index is -0.120. The standard InChI is InChI=1S/C16H23BrFN/c1-3-12-4-7-14(8-5-12)19-11(2)15-10-13(17)6-9-16(15)18/h6,9-12,14,19H,3-5,7-8H2,1-2H3. The molecule has 1 aromatic rings. The molecule has 1 nitrogen and oxygen atoms in total. The van der Waals surface area contributed by atoms with Gasteiger partial charge in [0, 0.05) is 22.1 Å². The van der Waals surface area contributed by atoms with E-state index in [9.17, 15) is 4.39 Å². The highest BCUT2D eigenvalue weighted by Gasteiger charge is 2.22. The van der Waals surface area contributed by atoms with E-state index < -0.39 is 0 Å². The summed E-state index contributed by atoms with van der Waals surface area (Å²) in [6, 6.07) is 5.77. The predicted octanol–water partition coefficient (Wildman–Crippen LogP) is 5.21. The maximum absolute atomic E-state index is 13.8. The third-order valence-electron chi connectivity index (χ3n) is 4.33. The van der Waals surface area contributed by atoms with E-state index in [1.165, 1.54) is 38.2 Å². The molecule has 0 bridgehead atoms. The molecule has 1 N–H and O–H groups in total. The van der Waals surface area contributed by atoms with Crippen molar-refractivity contribution >= 4 is 15.9 Å². The molecule has 0 saturated heterocycles. The number of nitrogens with one attached hydrogen (secondary N) is 1. The normalized spacial score (nSPS) is 25.3. The largest absolute Gasteiger partial charge is 0.307 e. The Balaban J connectivity index is 1.94. The van der Waals surface area contributed by atoms with Crippen molar-refractivity contribution in [1.82, 2.24) is 5.32 Å². The van der Waals surface area contributed by atoms with E-state index in [4.69, 9.17) is 0 Å². The smallest absolute Gasteiger partial charge is 0.128 e. The fourth-order valence-electron chi connectivity index (χ4n) is 3.03. The summed E-state index contributed by atoms with van der Waals surface area (Å²) >= 11 is 3.41. The van der Waals surface area contributed by atoms with Gasteiger partial charge < -0.3 is 5.32 Å². The van der Waals surface area contributed by atoms with Gasteiger partial charge in [-0.2, -0.15) is 0 Å². The zero-order chi connectivity index (χ0) is 13.8. The van der Waals surface area contributed by atoms with Gasteiger partial charge in [0.2, 0.25) is 0 Å². The molecule has 0 amide bonds. The summed E-state index contributed by atoms with van der Waals surface area (Å²) in [5.41, 5.74) is 0.756. The molecular weight excluding hydrogens is 305 g/mol. The number of hydrogen-bond donors (Lipinski definition) is 1. The molecule has 1 aliphatic carbocycles. The molecule has 0 radical (unpaired) electrons. The van der Waals surface area contributed by atoms with Gasteiger partial charge in [0.25, 0.3) is 0 Å². The first-order valence-corrected chi connectivity index (χ1v) is 8.10. The minimum absolute atomic E-state index is 0.0701. The van der Waals surface area contributed by atoms with Crippen molar-refractivity contribution in [3.05, 3.63) is 34.1 Å². The molecule has 0 spiro atoms. The number of halogens is 2. The summed E-state index contributed by atoms with van der Waals surface area (Å²) < 4.78 is 14.8. The van der Waals surface area contributed by atoms with Crippen LogP contribution in [0, 0.1) is 11.7 Å². The molecule has 1 fully saturated rings. The number of rotatable bonds is 4. The zero-order valence-corrected chi connectivity index (χ0v) is 13.3. The third-order valence-corrected chi connectivity index (χ3v) is 4.83. The topological polar surface area (TPSA) is 12.0 Å². The molecule has 19 heavy (non-hydrogen) atoms. The van der Waals surface area contributed by atoms with Gasteiger partial charge in [-0.25, -0.2) is 4.39 Å². The van der Waals surface area contributed by atoms with Crippen LogP contribution in [0.2, 0.25) is 0 Å². The van der Waals surface area contributed by atoms with Crippen LogP contribution in [0.3, 0.4) is 0 Å². The van der Waals surface area contributed by atoms with Gasteiger partial charge in [0.1, 0.15) is 5.82 Å². The fraction of sp³-hybridized carbons (Fsp3) is 0.625. The zero-order valence-electron chi connectivity index (χ0n) is 11.8. The first-order chi connectivity index (χ1) is 9.10. The van der Waals surface area contributed by atoms with Gasteiger partial charge >= 0.3 is 0 Å². The lowest BCUT2D eigenvalue weighted by atomic mass is 9.84. The first kappa shape index (κ1) is 15.0.